The second-order valence-electron chi connectivity index (χ2n) is 19.1. The Morgan fingerprint density at radius 2 is 1.65 bits per heavy atom. The van der Waals surface area contributed by atoms with Gasteiger partial charge in [-0.25, -0.2) is 0 Å². The number of esters is 3. The molecule has 3 aliphatic heterocycles. The molecule has 16 nitrogen and oxygen atoms in total. The summed E-state index contributed by atoms with van der Waals surface area (Å²) in [7, 11) is 5.02. The summed E-state index contributed by atoms with van der Waals surface area (Å²) in [6, 6.07) is 9.55. The third-order valence-corrected chi connectivity index (χ3v) is 13.6. The molecule has 3 heterocycles. The highest BCUT2D eigenvalue weighted by molar-refractivity contribution is 5.72. The van der Waals surface area contributed by atoms with Crippen LogP contribution in [0.2, 0.25) is 0 Å². The Hall–Kier alpha value is -3.06. The number of nitrogens with zero attached hydrogens (tertiary/aromatic N) is 2. The normalized spacial score (nSPS) is 37.1. The van der Waals surface area contributed by atoms with Crippen LogP contribution in [0.4, 0.5) is 0 Å². The number of carbonyl (C=O) groups excluding carboxylic acids is 4. The smallest absolute Gasteiger partial charge is 0.309 e. The molecule has 65 heavy (non-hydrogen) atoms. The maximum Gasteiger partial charge on any atom is 0.309 e. The summed E-state index contributed by atoms with van der Waals surface area (Å²) in [6.45, 7) is 13.8. The molecule has 16 atom stereocenters. The molecule has 1 aromatic carbocycles. The molecule has 0 unspecified atom stereocenters. The fourth-order valence-corrected chi connectivity index (χ4v) is 10.0. The molecular weight excluding hydrogens is 841 g/mol. The second-order valence-corrected chi connectivity index (χ2v) is 19.1. The number of hydrogen-bond acceptors (Lipinski definition) is 16. The zero-order chi connectivity index (χ0) is 48.0. The number of aldehydes is 1. The van der Waals surface area contributed by atoms with Crippen LogP contribution in [0.15, 0.2) is 30.3 Å². The van der Waals surface area contributed by atoms with E-state index in [0.29, 0.717) is 25.9 Å². The van der Waals surface area contributed by atoms with Crippen molar-refractivity contribution in [1.82, 2.24) is 9.80 Å². The number of aryl methyl sites for hydroxylation is 1. The maximum absolute atomic E-state index is 13.8. The molecular formula is C49H80N2O14. The van der Waals surface area contributed by atoms with Gasteiger partial charge in [-0.2, -0.15) is 0 Å². The molecule has 0 saturated carbocycles. The van der Waals surface area contributed by atoms with Crippen molar-refractivity contribution >= 4 is 24.2 Å². The van der Waals surface area contributed by atoms with E-state index >= 15 is 0 Å². The molecule has 1 aromatic rings. The number of cyclic esters (lactones) is 1. The molecule has 3 aliphatic rings. The minimum absolute atomic E-state index is 0.0130. The Labute approximate surface area is 386 Å². The maximum atomic E-state index is 13.8. The molecule has 3 saturated heterocycles. The van der Waals surface area contributed by atoms with Gasteiger partial charge in [-0.15, -0.1) is 0 Å². The first-order valence-electron chi connectivity index (χ1n) is 23.9. The van der Waals surface area contributed by atoms with E-state index in [1.807, 2.05) is 36.9 Å². The van der Waals surface area contributed by atoms with Gasteiger partial charge in [0.1, 0.15) is 36.3 Å². The Balaban J connectivity index is 1.69. The number of benzene rings is 1. The van der Waals surface area contributed by atoms with E-state index < -0.39 is 109 Å². The number of likely N-dealkylation sites (N-methyl/N-ethyl adjacent to an activating group) is 1. The highest BCUT2D eigenvalue weighted by atomic mass is 16.7. The fraction of sp³-hybridized carbons (Fsp3) is 0.796. The zero-order valence-corrected chi connectivity index (χ0v) is 40.5. The van der Waals surface area contributed by atoms with Gasteiger partial charge in [0.2, 0.25) is 0 Å². The van der Waals surface area contributed by atoms with Crippen LogP contribution in [-0.4, -0.2) is 169 Å². The van der Waals surface area contributed by atoms with Crippen LogP contribution in [0.3, 0.4) is 0 Å². The number of aliphatic hydroxyl groups excluding tert-OH is 2. The summed E-state index contributed by atoms with van der Waals surface area (Å²) >= 11 is 0. The molecule has 0 radical (unpaired) electrons. The van der Waals surface area contributed by atoms with E-state index in [1.54, 1.807) is 48.7 Å². The molecule has 3 fully saturated rings. The van der Waals surface area contributed by atoms with E-state index in [0.717, 1.165) is 32.1 Å². The summed E-state index contributed by atoms with van der Waals surface area (Å²) in [4.78, 5) is 55.9. The molecule has 0 aromatic heterocycles. The number of β-amino-alcohol motifs (C(OH)–C–C–N with tert-alkyl or cyclic N) is 1. The topological polar surface area (TPSA) is 200 Å². The summed E-state index contributed by atoms with van der Waals surface area (Å²) in [5.74, 6) is -3.46. The van der Waals surface area contributed by atoms with Crippen molar-refractivity contribution in [3.05, 3.63) is 35.9 Å². The molecule has 4 rings (SSSR count). The highest BCUT2D eigenvalue weighted by Gasteiger charge is 2.55. The SMILES string of the molecule is CCC(=O)O[C@@H]1CC(=O)O[C@H](C)CCN(CCCCc2ccccc2)C[C@H](O)[C@H](C)C[C@H](CC=O)[C@H]([C@@H]2O[C@H](C)[C@@H](O[C@@H]3C[C@@](C)(O)[C@@H](OC(=O)CC)[C@H](C)O3)[C@H](N(C)C)[C@H]2O)[C@@H]1OC. The van der Waals surface area contributed by atoms with Crippen LogP contribution in [0.1, 0.15) is 112 Å². The number of hydrogen-bond donors (Lipinski definition) is 3. The minimum Gasteiger partial charge on any atom is -0.463 e. The van der Waals surface area contributed by atoms with E-state index in [-0.39, 0.29) is 38.0 Å². The molecule has 0 spiro atoms. The predicted molar refractivity (Wildman–Crippen MR) is 241 cm³/mol. The highest BCUT2D eigenvalue weighted by Crippen LogP contribution is 2.42. The lowest BCUT2D eigenvalue weighted by Crippen LogP contribution is -2.67. The number of ether oxygens (including phenoxy) is 7. The number of rotatable bonds is 16. The summed E-state index contributed by atoms with van der Waals surface area (Å²) in [5.41, 5.74) is -0.231. The Morgan fingerprint density at radius 1 is 0.969 bits per heavy atom. The average molecular weight is 921 g/mol. The molecule has 0 bridgehead atoms. The number of methoxy groups -OCH3 is 1. The van der Waals surface area contributed by atoms with Crippen molar-refractivity contribution in [2.75, 3.05) is 40.8 Å². The first-order chi connectivity index (χ1) is 30.8. The Kier molecular flexibility index (Phi) is 21.7. The van der Waals surface area contributed by atoms with Gasteiger partial charge in [0.15, 0.2) is 12.4 Å². The monoisotopic (exact) mass is 921 g/mol. The zero-order valence-electron chi connectivity index (χ0n) is 40.5. The second kappa shape index (κ2) is 25.9. The Bertz CT molecular complexity index is 1620. The van der Waals surface area contributed by atoms with Crippen molar-refractivity contribution in [2.45, 2.75) is 192 Å². The summed E-state index contributed by atoms with van der Waals surface area (Å²) in [5, 5.41) is 36.0. The number of aliphatic hydroxyl groups is 3. The summed E-state index contributed by atoms with van der Waals surface area (Å²) in [6.07, 6.45) is -5.98. The minimum atomic E-state index is -1.50. The molecule has 0 aliphatic carbocycles. The van der Waals surface area contributed by atoms with Gasteiger partial charge in [0.05, 0.1) is 43.0 Å². The van der Waals surface area contributed by atoms with E-state index in [9.17, 15) is 34.5 Å². The molecule has 3 N–H and O–H groups in total. The van der Waals surface area contributed by atoms with Crippen molar-refractivity contribution in [2.24, 2.45) is 17.8 Å². The predicted octanol–water partition coefficient (Wildman–Crippen LogP) is 4.25. The van der Waals surface area contributed by atoms with Gasteiger partial charge < -0.3 is 63.1 Å². The largest absolute Gasteiger partial charge is 0.463 e. The van der Waals surface area contributed by atoms with Gasteiger partial charge >= 0.3 is 17.9 Å². The van der Waals surface area contributed by atoms with E-state index in [1.165, 1.54) is 12.7 Å². The lowest BCUT2D eigenvalue weighted by Gasteiger charge is -2.52. The van der Waals surface area contributed by atoms with Crippen molar-refractivity contribution < 1.29 is 67.7 Å². The standard InChI is InChI=1S/C49H80N2O14/c1-11-38(54)63-37-27-40(56)60-31(4)21-24-51(23-17-16-20-34-18-14-13-15-19-34)29-36(53)30(3)26-35(22-25-52)42(46(37)59-10)47-44(57)43(50(8)9)45(32(5)62-47)65-41-28-49(7,58)48(33(6)61-41)64-39(55)12-2/h13-15,18-19,25,30-33,35-37,41-48,53,57-58H,11-12,16-17,20-24,26-29H2,1-10H3/t30-,31-,32-,33+,35+,36+,37-,41-,42+,43-,44-,45-,46-,47+,48+,49-/m1/s1. The number of carbonyl (C=O) groups is 4. The number of unbranched alkanes of at least 4 members (excludes halogenated alkanes) is 1. The first kappa shape index (κ1) is 54.5. The quantitative estimate of drug-likeness (QED) is 0.0919. The fourth-order valence-electron chi connectivity index (χ4n) is 10.0. The van der Waals surface area contributed by atoms with Crippen LogP contribution < -0.4 is 0 Å². The van der Waals surface area contributed by atoms with Crippen LogP contribution in [-0.2, 0) is 58.8 Å². The Morgan fingerprint density at radius 3 is 2.26 bits per heavy atom. The summed E-state index contributed by atoms with van der Waals surface area (Å²) < 4.78 is 43.3. The lowest BCUT2D eigenvalue weighted by molar-refractivity contribution is -0.318. The van der Waals surface area contributed by atoms with Gasteiger partial charge in [-0.3, -0.25) is 14.4 Å². The van der Waals surface area contributed by atoms with Crippen LogP contribution in [0.25, 0.3) is 0 Å². The first-order valence-corrected chi connectivity index (χ1v) is 23.9. The third-order valence-electron chi connectivity index (χ3n) is 13.6. The van der Waals surface area contributed by atoms with E-state index in [4.69, 9.17) is 33.2 Å². The van der Waals surface area contributed by atoms with Crippen LogP contribution >= 0.6 is 0 Å². The molecule has 0 amide bonds. The van der Waals surface area contributed by atoms with Crippen LogP contribution in [0, 0.1) is 17.8 Å². The van der Waals surface area contributed by atoms with Gasteiger partial charge in [0.25, 0.3) is 0 Å². The molecule has 370 valence electrons. The lowest BCUT2D eigenvalue weighted by atomic mass is 9.71. The van der Waals surface area contributed by atoms with Crippen LogP contribution in [0.5, 0.6) is 0 Å². The van der Waals surface area contributed by atoms with Gasteiger partial charge in [-0.1, -0.05) is 51.1 Å². The molecule has 16 heteroatoms. The van der Waals surface area contributed by atoms with Gasteiger partial charge in [0, 0.05) is 51.8 Å². The van der Waals surface area contributed by atoms with Gasteiger partial charge in [-0.05, 0) is 97.8 Å². The van der Waals surface area contributed by atoms with E-state index in [2.05, 4.69) is 17.0 Å². The van der Waals surface area contributed by atoms with Crippen molar-refractivity contribution in [1.29, 1.82) is 0 Å². The average Bonchev–Trinajstić information content (AvgIpc) is 3.25. The van der Waals surface area contributed by atoms with Crippen molar-refractivity contribution in [3.8, 4) is 0 Å². The van der Waals surface area contributed by atoms with Crippen molar-refractivity contribution in [3.63, 3.8) is 0 Å². The third kappa shape index (κ3) is 15.5.